The van der Waals surface area contributed by atoms with Crippen molar-refractivity contribution in [3.8, 4) is 0 Å². The third-order valence-electron chi connectivity index (χ3n) is 4.17. The minimum Gasteiger partial charge on any atom is -0.348 e. The number of imidazole rings is 1. The number of thioether (sulfide) groups is 1. The summed E-state index contributed by atoms with van der Waals surface area (Å²) in [5.74, 6) is 0.171. The molecule has 2 aliphatic heterocycles. The monoisotopic (exact) mass is 349 g/mol. The van der Waals surface area contributed by atoms with Crippen LogP contribution in [0.4, 0.5) is 0 Å². The Labute approximate surface area is 143 Å². The fourth-order valence-corrected chi connectivity index (χ4v) is 4.62. The summed E-state index contributed by atoms with van der Waals surface area (Å²) < 4.78 is 1.97. The van der Waals surface area contributed by atoms with E-state index in [1.54, 1.807) is 11.3 Å². The highest BCUT2D eigenvalue weighted by Gasteiger charge is 2.26. The van der Waals surface area contributed by atoms with E-state index < -0.39 is 0 Å². The standard InChI is InChI=1S/C15H19N5OS2/c1-11-9-16-14(23-11)19-4-2-18(3-5-19)13(21)8-12-10-20-6-7-22-15(20)17-12/h6-7,10-11H,2-5,8-9H2,1H3. The number of carbonyl (C=O) groups is 1. The van der Waals surface area contributed by atoms with Crippen LogP contribution in [0.25, 0.3) is 4.96 Å². The van der Waals surface area contributed by atoms with E-state index >= 15 is 0 Å². The van der Waals surface area contributed by atoms with E-state index in [4.69, 9.17) is 0 Å². The van der Waals surface area contributed by atoms with Crippen molar-refractivity contribution in [1.29, 1.82) is 0 Å². The molecule has 2 aliphatic rings. The fraction of sp³-hybridized carbons (Fsp3) is 0.533. The summed E-state index contributed by atoms with van der Waals surface area (Å²) in [5, 5.41) is 3.73. The van der Waals surface area contributed by atoms with Crippen LogP contribution >= 0.6 is 23.1 Å². The molecule has 23 heavy (non-hydrogen) atoms. The largest absolute Gasteiger partial charge is 0.348 e. The summed E-state index contributed by atoms with van der Waals surface area (Å²) >= 11 is 3.44. The van der Waals surface area contributed by atoms with Crippen LogP contribution in [0.1, 0.15) is 12.6 Å². The fourth-order valence-electron chi connectivity index (χ4n) is 2.91. The lowest BCUT2D eigenvalue weighted by Crippen LogP contribution is -2.50. The number of amides is 1. The number of amidine groups is 1. The number of aliphatic imine (C=N–C) groups is 1. The van der Waals surface area contributed by atoms with Crippen molar-refractivity contribution in [2.45, 2.75) is 18.6 Å². The number of carbonyl (C=O) groups excluding carboxylic acids is 1. The van der Waals surface area contributed by atoms with Crippen LogP contribution in [0.2, 0.25) is 0 Å². The molecule has 1 fully saturated rings. The van der Waals surface area contributed by atoms with E-state index in [9.17, 15) is 4.79 Å². The molecule has 0 aromatic carbocycles. The summed E-state index contributed by atoms with van der Waals surface area (Å²) in [6.45, 7) is 6.42. The lowest BCUT2D eigenvalue weighted by atomic mass is 10.2. The van der Waals surface area contributed by atoms with Crippen molar-refractivity contribution in [3.63, 3.8) is 0 Å². The van der Waals surface area contributed by atoms with Gasteiger partial charge >= 0.3 is 0 Å². The average molecular weight is 349 g/mol. The van der Waals surface area contributed by atoms with Crippen LogP contribution in [-0.4, -0.2) is 68.2 Å². The highest BCUT2D eigenvalue weighted by Crippen LogP contribution is 2.23. The Kier molecular flexibility index (Phi) is 4.02. The highest BCUT2D eigenvalue weighted by atomic mass is 32.2. The normalized spacial score (nSPS) is 22.0. The quantitative estimate of drug-likeness (QED) is 0.826. The third-order valence-corrected chi connectivity index (χ3v) is 6.09. The van der Waals surface area contributed by atoms with E-state index in [-0.39, 0.29) is 5.91 Å². The molecule has 1 amide bonds. The number of nitrogens with zero attached hydrogens (tertiary/aromatic N) is 5. The van der Waals surface area contributed by atoms with Crippen LogP contribution < -0.4 is 0 Å². The first-order chi connectivity index (χ1) is 11.2. The molecule has 1 saturated heterocycles. The third kappa shape index (κ3) is 3.10. The van der Waals surface area contributed by atoms with Crippen molar-refractivity contribution in [3.05, 3.63) is 23.5 Å². The number of hydrogen-bond donors (Lipinski definition) is 0. The first kappa shape index (κ1) is 15.0. The number of thiazole rings is 1. The number of hydrogen-bond acceptors (Lipinski definition) is 6. The predicted octanol–water partition coefficient (Wildman–Crippen LogP) is 1.57. The SMILES string of the molecule is CC1CN=C(N2CCN(C(=O)Cc3cn4ccsc4n3)CC2)S1. The van der Waals surface area contributed by atoms with Gasteiger partial charge in [-0.15, -0.1) is 11.3 Å². The Morgan fingerprint density at radius 1 is 1.35 bits per heavy atom. The van der Waals surface area contributed by atoms with Crippen LogP contribution in [-0.2, 0) is 11.2 Å². The van der Waals surface area contributed by atoms with Gasteiger partial charge in [0.1, 0.15) is 0 Å². The summed E-state index contributed by atoms with van der Waals surface area (Å²) in [6.07, 6.45) is 4.31. The van der Waals surface area contributed by atoms with Gasteiger partial charge in [0.25, 0.3) is 0 Å². The maximum atomic E-state index is 12.5. The number of fused-ring (bicyclic) bond motifs is 1. The Bertz CT molecular complexity index is 715. The van der Waals surface area contributed by atoms with Gasteiger partial charge in [0.2, 0.25) is 5.91 Å². The molecular weight excluding hydrogens is 330 g/mol. The summed E-state index contributed by atoms with van der Waals surface area (Å²) in [4.78, 5) is 26.8. The highest BCUT2D eigenvalue weighted by molar-refractivity contribution is 8.14. The van der Waals surface area contributed by atoms with Crippen molar-refractivity contribution < 1.29 is 4.79 Å². The molecule has 0 N–H and O–H groups in total. The van der Waals surface area contributed by atoms with E-state index in [0.29, 0.717) is 11.7 Å². The molecule has 0 bridgehead atoms. The molecule has 0 saturated carbocycles. The van der Waals surface area contributed by atoms with Crippen LogP contribution in [0.15, 0.2) is 22.8 Å². The first-order valence-electron chi connectivity index (χ1n) is 7.84. The molecule has 1 unspecified atom stereocenters. The summed E-state index contributed by atoms with van der Waals surface area (Å²) in [6, 6.07) is 0. The van der Waals surface area contributed by atoms with E-state index in [0.717, 1.165) is 48.5 Å². The maximum absolute atomic E-state index is 12.5. The number of aromatic nitrogens is 2. The zero-order valence-electron chi connectivity index (χ0n) is 13.0. The minimum atomic E-state index is 0.171. The molecular formula is C15H19N5OS2. The van der Waals surface area contributed by atoms with Crippen molar-refractivity contribution in [1.82, 2.24) is 19.2 Å². The van der Waals surface area contributed by atoms with Gasteiger partial charge in [-0.3, -0.25) is 14.2 Å². The Hall–Kier alpha value is -1.54. The van der Waals surface area contributed by atoms with E-state index in [2.05, 4.69) is 21.8 Å². The van der Waals surface area contributed by atoms with Crippen molar-refractivity contribution >= 4 is 39.1 Å². The molecule has 122 valence electrons. The van der Waals surface area contributed by atoms with Gasteiger partial charge in [-0.05, 0) is 0 Å². The van der Waals surface area contributed by atoms with Gasteiger partial charge in [0, 0.05) is 49.2 Å². The topological polar surface area (TPSA) is 53.2 Å². The maximum Gasteiger partial charge on any atom is 0.228 e. The lowest BCUT2D eigenvalue weighted by Gasteiger charge is -2.35. The van der Waals surface area contributed by atoms with E-state index in [1.165, 1.54) is 0 Å². The molecule has 0 aliphatic carbocycles. The second-order valence-electron chi connectivity index (χ2n) is 5.92. The molecule has 2 aromatic heterocycles. The lowest BCUT2D eigenvalue weighted by molar-refractivity contribution is -0.131. The molecule has 1 atom stereocenters. The van der Waals surface area contributed by atoms with Crippen LogP contribution in [0.5, 0.6) is 0 Å². The van der Waals surface area contributed by atoms with Gasteiger partial charge in [0.15, 0.2) is 10.1 Å². The predicted molar refractivity (Wildman–Crippen MR) is 94.3 cm³/mol. The molecule has 0 radical (unpaired) electrons. The number of rotatable bonds is 2. The van der Waals surface area contributed by atoms with Crippen molar-refractivity contribution in [2.75, 3.05) is 32.7 Å². The Balaban J connectivity index is 1.33. The second-order valence-corrected chi connectivity index (χ2v) is 8.20. The first-order valence-corrected chi connectivity index (χ1v) is 9.60. The zero-order valence-corrected chi connectivity index (χ0v) is 14.6. The van der Waals surface area contributed by atoms with Crippen molar-refractivity contribution in [2.24, 2.45) is 4.99 Å². The Morgan fingerprint density at radius 2 is 2.17 bits per heavy atom. The van der Waals surface area contributed by atoms with E-state index in [1.807, 2.05) is 38.8 Å². The summed E-state index contributed by atoms with van der Waals surface area (Å²) in [7, 11) is 0. The molecule has 4 heterocycles. The smallest absolute Gasteiger partial charge is 0.228 e. The Morgan fingerprint density at radius 3 is 2.87 bits per heavy atom. The minimum absolute atomic E-state index is 0.171. The molecule has 4 rings (SSSR count). The molecule has 2 aromatic rings. The van der Waals surface area contributed by atoms with Gasteiger partial charge in [-0.25, -0.2) is 4.98 Å². The van der Waals surface area contributed by atoms with Gasteiger partial charge in [-0.2, -0.15) is 0 Å². The molecule has 6 nitrogen and oxygen atoms in total. The average Bonchev–Trinajstić information content (AvgIpc) is 3.23. The number of piperazine rings is 1. The van der Waals surface area contributed by atoms with Gasteiger partial charge in [-0.1, -0.05) is 18.7 Å². The van der Waals surface area contributed by atoms with Crippen LogP contribution in [0.3, 0.4) is 0 Å². The van der Waals surface area contributed by atoms with Gasteiger partial charge in [0.05, 0.1) is 18.7 Å². The zero-order chi connectivity index (χ0) is 15.8. The second kappa shape index (κ2) is 6.16. The summed E-state index contributed by atoms with van der Waals surface area (Å²) in [5.41, 5.74) is 0.855. The van der Waals surface area contributed by atoms with Crippen LogP contribution in [0, 0.1) is 0 Å². The molecule has 8 heteroatoms. The molecule has 0 spiro atoms. The van der Waals surface area contributed by atoms with Gasteiger partial charge < -0.3 is 9.80 Å².